The van der Waals surface area contributed by atoms with Crippen molar-refractivity contribution in [3.63, 3.8) is 0 Å². The van der Waals surface area contributed by atoms with Crippen LogP contribution in [0.3, 0.4) is 0 Å². The molecule has 0 saturated heterocycles. The first kappa shape index (κ1) is 8.79. The molecular weight excluding hydrogens is 152 g/mol. The maximum Gasteiger partial charge on any atom is 0.178 e. The minimum atomic E-state index is -0.0787. The summed E-state index contributed by atoms with van der Waals surface area (Å²) in [5, 5.41) is 8.62. The van der Waals surface area contributed by atoms with Crippen molar-refractivity contribution in [2.24, 2.45) is 17.6 Å². The highest BCUT2D eigenvalue weighted by molar-refractivity contribution is 6.02. The number of Topliss-reactive ketones (excluding diaryl/α,β-unsaturated/α-hetero) is 1. The Labute approximate surface area is 71.9 Å². The zero-order valence-corrected chi connectivity index (χ0v) is 7.29. The van der Waals surface area contributed by atoms with Gasteiger partial charge in [0.05, 0.1) is 0 Å². The summed E-state index contributed by atoms with van der Waals surface area (Å²) in [5.41, 5.74) is 5.87. The smallest absolute Gasteiger partial charge is 0.178 e. The van der Waals surface area contributed by atoms with Crippen molar-refractivity contribution in [1.29, 1.82) is 5.26 Å². The van der Waals surface area contributed by atoms with E-state index in [1.165, 1.54) is 0 Å². The van der Waals surface area contributed by atoms with Crippen LogP contribution in [-0.2, 0) is 4.79 Å². The summed E-state index contributed by atoms with van der Waals surface area (Å²) in [6, 6.07) is 1.85. The lowest BCUT2D eigenvalue weighted by Crippen LogP contribution is -2.10. The van der Waals surface area contributed by atoms with Crippen LogP contribution in [-0.4, -0.2) is 5.78 Å². The number of carbonyl (C=O) groups excluding carboxylic acids is 1. The Hall–Kier alpha value is -1.30. The van der Waals surface area contributed by atoms with Gasteiger partial charge in [0.1, 0.15) is 11.6 Å². The van der Waals surface area contributed by atoms with E-state index < -0.39 is 0 Å². The number of nitrogens with zero attached hydrogens (tertiary/aromatic N) is 1. The average molecular weight is 164 g/mol. The number of allylic oxidation sites excluding steroid dienone is 2. The summed E-state index contributed by atoms with van der Waals surface area (Å²) in [7, 11) is 0. The van der Waals surface area contributed by atoms with Crippen LogP contribution in [0.4, 0.5) is 0 Å². The molecule has 2 unspecified atom stereocenters. The summed E-state index contributed by atoms with van der Waals surface area (Å²) >= 11 is 0. The maximum atomic E-state index is 11.4. The van der Waals surface area contributed by atoms with Crippen molar-refractivity contribution >= 4 is 5.78 Å². The molecule has 0 aromatic rings. The van der Waals surface area contributed by atoms with Gasteiger partial charge in [-0.1, -0.05) is 6.92 Å². The first-order chi connectivity index (χ1) is 5.57. The third-order valence-corrected chi connectivity index (χ3v) is 2.20. The summed E-state index contributed by atoms with van der Waals surface area (Å²) < 4.78 is 0. The molecule has 0 bridgehead atoms. The molecule has 2 N–H and O–H groups in total. The quantitative estimate of drug-likeness (QED) is 0.488. The van der Waals surface area contributed by atoms with Crippen molar-refractivity contribution < 1.29 is 4.79 Å². The van der Waals surface area contributed by atoms with E-state index in [-0.39, 0.29) is 17.3 Å². The number of rotatable bonds is 2. The van der Waals surface area contributed by atoms with Crippen LogP contribution >= 0.6 is 0 Å². The van der Waals surface area contributed by atoms with Crippen molar-refractivity contribution in [2.45, 2.75) is 20.3 Å². The first-order valence-electron chi connectivity index (χ1n) is 3.98. The zero-order valence-electron chi connectivity index (χ0n) is 7.29. The summed E-state index contributed by atoms with van der Waals surface area (Å²) in [6.45, 7) is 3.59. The maximum absolute atomic E-state index is 11.4. The number of hydrogen-bond donors (Lipinski definition) is 1. The van der Waals surface area contributed by atoms with Crippen LogP contribution < -0.4 is 5.73 Å². The van der Waals surface area contributed by atoms with E-state index in [0.717, 1.165) is 6.42 Å². The largest absolute Gasteiger partial charge is 0.401 e. The molecule has 0 heterocycles. The molecule has 2 atom stereocenters. The molecule has 3 heteroatoms. The number of carbonyl (C=O) groups is 1. The predicted octanol–water partition coefficient (Wildman–Crippen LogP) is 0.968. The highest BCUT2D eigenvalue weighted by atomic mass is 16.1. The molecule has 0 spiro atoms. The van der Waals surface area contributed by atoms with Gasteiger partial charge >= 0.3 is 0 Å². The fourth-order valence-corrected chi connectivity index (χ4v) is 1.21. The number of ketones is 1. The van der Waals surface area contributed by atoms with E-state index in [1.54, 1.807) is 6.92 Å². The number of hydrogen-bond acceptors (Lipinski definition) is 3. The van der Waals surface area contributed by atoms with Gasteiger partial charge in [-0.2, -0.15) is 5.26 Å². The Bertz CT molecular complexity index is 281. The van der Waals surface area contributed by atoms with Crippen LogP contribution in [0, 0.1) is 23.2 Å². The minimum Gasteiger partial charge on any atom is -0.401 e. The van der Waals surface area contributed by atoms with Crippen LogP contribution in [0.2, 0.25) is 0 Å². The van der Waals surface area contributed by atoms with Gasteiger partial charge in [0.15, 0.2) is 5.78 Å². The predicted molar refractivity (Wildman–Crippen MR) is 44.8 cm³/mol. The van der Waals surface area contributed by atoms with Gasteiger partial charge in [0.25, 0.3) is 0 Å². The van der Waals surface area contributed by atoms with Crippen LogP contribution in [0.15, 0.2) is 11.3 Å². The Morgan fingerprint density at radius 1 is 1.67 bits per heavy atom. The highest BCUT2D eigenvalue weighted by Gasteiger charge is 2.40. The van der Waals surface area contributed by atoms with E-state index in [9.17, 15) is 4.79 Å². The third-order valence-electron chi connectivity index (χ3n) is 2.20. The van der Waals surface area contributed by atoms with Crippen LogP contribution in [0.5, 0.6) is 0 Å². The molecule has 0 radical (unpaired) electrons. The fraction of sp³-hybridized carbons (Fsp3) is 0.556. The summed E-state index contributed by atoms with van der Waals surface area (Å²) in [6.07, 6.45) is 0.900. The molecule has 0 aliphatic heterocycles. The molecule has 12 heavy (non-hydrogen) atoms. The van der Waals surface area contributed by atoms with Crippen molar-refractivity contribution in [1.82, 2.24) is 0 Å². The highest BCUT2D eigenvalue weighted by Crippen LogP contribution is 2.40. The van der Waals surface area contributed by atoms with Gasteiger partial charge < -0.3 is 5.73 Å². The second-order valence-electron chi connectivity index (χ2n) is 3.35. The molecule has 1 rings (SSSR count). The molecule has 1 saturated carbocycles. The molecule has 0 amide bonds. The average Bonchev–Trinajstić information content (AvgIpc) is 2.67. The van der Waals surface area contributed by atoms with Crippen LogP contribution in [0.1, 0.15) is 20.3 Å². The van der Waals surface area contributed by atoms with Gasteiger partial charge in [-0.05, 0) is 19.3 Å². The molecular formula is C9H12N2O. The van der Waals surface area contributed by atoms with E-state index in [1.807, 2.05) is 13.0 Å². The van der Waals surface area contributed by atoms with Gasteiger partial charge in [-0.3, -0.25) is 4.79 Å². The lowest BCUT2D eigenvalue weighted by atomic mass is 10.1. The third kappa shape index (κ3) is 1.48. The Balaban J connectivity index is 2.77. The van der Waals surface area contributed by atoms with Gasteiger partial charge in [0, 0.05) is 11.6 Å². The van der Waals surface area contributed by atoms with E-state index >= 15 is 0 Å². The standard InChI is InChI=1S/C9H12N2O/c1-5-3-7(5)9(12)8(4-10)6(2)11/h5,7H,3,11H2,1-2H3/b8-6-. The Morgan fingerprint density at radius 3 is 2.42 bits per heavy atom. The minimum absolute atomic E-state index is 0.0538. The fourth-order valence-electron chi connectivity index (χ4n) is 1.21. The summed E-state index contributed by atoms with van der Waals surface area (Å²) in [4.78, 5) is 11.4. The lowest BCUT2D eigenvalue weighted by molar-refractivity contribution is -0.116. The summed E-state index contributed by atoms with van der Waals surface area (Å²) in [5.74, 6) is 0.406. The molecule has 1 aliphatic rings. The first-order valence-corrected chi connectivity index (χ1v) is 3.98. The van der Waals surface area contributed by atoms with Crippen molar-refractivity contribution in [2.75, 3.05) is 0 Å². The van der Waals surface area contributed by atoms with Crippen molar-refractivity contribution in [3.8, 4) is 6.07 Å². The normalized spacial score (nSPS) is 28.8. The van der Waals surface area contributed by atoms with E-state index in [0.29, 0.717) is 11.6 Å². The molecule has 64 valence electrons. The number of nitrogens with two attached hydrogens (primary N) is 1. The molecule has 3 nitrogen and oxygen atoms in total. The Morgan fingerprint density at radius 2 is 2.17 bits per heavy atom. The van der Waals surface area contributed by atoms with E-state index in [4.69, 9.17) is 11.0 Å². The monoisotopic (exact) mass is 164 g/mol. The van der Waals surface area contributed by atoms with Gasteiger partial charge in [0.2, 0.25) is 0 Å². The second-order valence-corrected chi connectivity index (χ2v) is 3.35. The number of nitriles is 1. The van der Waals surface area contributed by atoms with E-state index in [2.05, 4.69) is 0 Å². The second kappa shape index (κ2) is 2.98. The van der Waals surface area contributed by atoms with Gasteiger partial charge in [-0.25, -0.2) is 0 Å². The SMILES string of the molecule is C/C(N)=C(\C#N)C(=O)C1CC1C. The van der Waals surface area contributed by atoms with Gasteiger partial charge in [-0.15, -0.1) is 0 Å². The zero-order chi connectivity index (χ0) is 9.30. The van der Waals surface area contributed by atoms with Crippen LogP contribution in [0.25, 0.3) is 0 Å². The topological polar surface area (TPSA) is 66.9 Å². The lowest BCUT2D eigenvalue weighted by Gasteiger charge is -1.97. The Kier molecular flexibility index (Phi) is 2.18. The van der Waals surface area contributed by atoms with Crippen molar-refractivity contribution in [3.05, 3.63) is 11.3 Å². The molecule has 1 aliphatic carbocycles. The molecule has 0 aromatic carbocycles. The molecule has 1 fully saturated rings. The molecule has 0 aromatic heterocycles.